The number of alkyl halides is 1. The van der Waals surface area contributed by atoms with Crippen molar-refractivity contribution in [2.24, 2.45) is 0 Å². The van der Waals surface area contributed by atoms with E-state index in [4.69, 9.17) is 0 Å². The monoisotopic (exact) mass is 365 g/mol. The van der Waals surface area contributed by atoms with Gasteiger partial charge in [-0.05, 0) is 50.0 Å². The van der Waals surface area contributed by atoms with Crippen LogP contribution in [0.15, 0.2) is 47.4 Å². The van der Waals surface area contributed by atoms with E-state index < -0.39 is 12.0 Å². The lowest BCUT2D eigenvalue weighted by atomic mass is 10.2. The third-order valence-electron chi connectivity index (χ3n) is 4.13. The fourth-order valence-corrected chi connectivity index (χ4v) is 3.91. The molecule has 134 valence electrons. The summed E-state index contributed by atoms with van der Waals surface area (Å²) in [5.41, 5.74) is 0.669. The van der Waals surface area contributed by atoms with Crippen molar-refractivity contribution in [3.8, 4) is 5.69 Å². The van der Waals surface area contributed by atoms with E-state index in [0.29, 0.717) is 23.2 Å². The third-order valence-corrected chi connectivity index (χ3v) is 5.18. The summed E-state index contributed by atoms with van der Waals surface area (Å²) in [6.07, 6.45) is 1.73. The Morgan fingerprint density at radius 1 is 1.36 bits per heavy atom. The average molecular weight is 365 g/mol. The predicted molar refractivity (Wildman–Crippen MR) is 98.6 cm³/mol. The number of aromatic nitrogens is 1. The number of hydrogen-bond acceptors (Lipinski definition) is 4. The first-order chi connectivity index (χ1) is 12.0. The Morgan fingerprint density at radius 2 is 2.20 bits per heavy atom. The van der Waals surface area contributed by atoms with Crippen LogP contribution < -0.4 is 10.3 Å². The normalized spacial score (nSPS) is 19.1. The van der Waals surface area contributed by atoms with Crippen molar-refractivity contribution in [3.05, 3.63) is 58.8 Å². The molecule has 1 aliphatic heterocycles. The standard InChI is InChI=1S/C18H21F2N3OS/c1-13(19)11-22-9-7-15(12-22)25-21-17-6-5-14(10-16(17)20)23-8-3-2-4-18(23)24/h2-6,8,10,13,15,21H,7,9,11-12H2,1H3. The predicted octanol–water partition coefficient (Wildman–Crippen LogP) is 3.47. The fraction of sp³-hybridized carbons (Fsp3) is 0.389. The van der Waals surface area contributed by atoms with Crippen molar-refractivity contribution in [2.45, 2.75) is 24.8 Å². The van der Waals surface area contributed by atoms with Crippen LogP contribution in [0.1, 0.15) is 13.3 Å². The molecule has 0 bridgehead atoms. The molecule has 0 aliphatic carbocycles. The van der Waals surface area contributed by atoms with Gasteiger partial charge in [-0.15, -0.1) is 0 Å². The van der Waals surface area contributed by atoms with E-state index in [1.54, 1.807) is 37.4 Å². The average Bonchev–Trinajstić information content (AvgIpc) is 3.01. The van der Waals surface area contributed by atoms with Gasteiger partial charge in [0.15, 0.2) is 0 Å². The minimum atomic E-state index is -0.830. The largest absolute Gasteiger partial charge is 0.327 e. The highest BCUT2D eigenvalue weighted by Gasteiger charge is 2.24. The lowest BCUT2D eigenvalue weighted by molar-refractivity contribution is 0.235. The molecule has 1 aromatic heterocycles. The van der Waals surface area contributed by atoms with Crippen LogP contribution in [0, 0.1) is 5.82 Å². The van der Waals surface area contributed by atoms with E-state index in [0.717, 1.165) is 19.5 Å². The zero-order valence-electron chi connectivity index (χ0n) is 14.0. The second kappa shape index (κ2) is 8.01. The van der Waals surface area contributed by atoms with Crippen LogP contribution in [0.5, 0.6) is 0 Å². The topological polar surface area (TPSA) is 37.3 Å². The Labute approximate surface area is 150 Å². The smallest absolute Gasteiger partial charge is 0.255 e. The summed E-state index contributed by atoms with van der Waals surface area (Å²) in [5, 5.41) is 0.301. The number of benzene rings is 1. The Bertz CT molecular complexity index is 781. The quantitative estimate of drug-likeness (QED) is 0.796. The Kier molecular flexibility index (Phi) is 5.75. The van der Waals surface area contributed by atoms with Crippen molar-refractivity contribution in [3.63, 3.8) is 0 Å². The van der Waals surface area contributed by atoms with Crippen LogP contribution in [-0.2, 0) is 0 Å². The lowest BCUT2D eigenvalue weighted by Crippen LogP contribution is -2.27. The summed E-state index contributed by atoms with van der Waals surface area (Å²) >= 11 is 1.46. The zero-order chi connectivity index (χ0) is 17.8. The zero-order valence-corrected chi connectivity index (χ0v) is 14.8. The van der Waals surface area contributed by atoms with Gasteiger partial charge in [-0.2, -0.15) is 0 Å². The summed E-state index contributed by atoms with van der Waals surface area (Å²) in [6, 6.07) is 9.49. The molecule has 2 aromatic rings. The molecule has 3 rings (SSSR count). The summed E-state index contributed by atoms with van der Waals surface area (Å²) in [5.74, 6) is -0.409. The molecular weight excluding hydrogens is 344 g/mol. The maximum atomic E-state index is 14.3. The molecule has 4 nitrogen and oxygen atoms in total. The first-order valence-corrected chi connectivity index (χ1v) is 9.16. The van der Waals surface area contributed by atoms with Gasteiger partial charge in [0, 0.05) is 36.7 Å². The van der Waals surface area contributed by atoms with Gasteiger partial charge in [0.05, 0.1) is 11.4 Å². The maximum Gasteiger partial charge on any atom is 0.255 e. The van der Waals surface area contributed by atoms with Crippen LogP contribution in [0.2, 0.25) is 0 Å². The van der Waals surface area contributed by atoms with Gasteiger partial charge in [-0.25, -0.2) is 8.78 Å². The molecule has 0 spiro atoms. The number of nitrogens with one attached hydrogen (secondary N) is 1. The second-order valence-corrected chi connectivity index (χ2v) is 7.35. The van der Waals surface area contributed by atoms with Gasteiger partial charge < -0.3 is 4.72 Å². The molecule has 0 saturated carbocycles. The summed E-state index contributed by atoms with van der Waals surface area (Å²) in [7, 11) is 0. The number of hydrogen-bond donors (Lipinski definition) is 1. The van der Waals surface area contributed by atoms with Gasteiger partial charge in [0.2, 0.25) is 0 Å². The van der Waals surface area contributed by atoms with E-state index in [1.807, 2.05) is 0 Å². The van der Waals surface area contributed by atoms with Crippen LogP contribution in [0.3, 0.4) is 0 Å². The maximum absolute atomic E-state index is 14.3. The molecule has 0 radical (unpaired) electrons. The van der Waals surface area contributed by atoms with Gasteiger partial charge in [0.1, 0.15) is 12.0 Å². The number of likely N-dealkylation sites (tertiary alicyclic amines) is 1. The minimum Gasteiger partial charge on any atom is -0.327 e. The number of nitrogens with zero attached hydrogens (tertiary/aromatic N) is 2. The van der Waals surface area contributed by atoms with Gasteiger partial charge >= 0.3 is 0 Å². The van der Waals surface area contributed by atoms with Crippen molar-refractivity contribution in [1.82, 2.24) is 9.47 Å². The molecule has 1 aliphatic rings. The Morgan fingerprint density at radius 3 is 2.92 bits per heavy atom. The van der Waals surface area contributed by atoms with Crippen molar-refractivity contribution < 1.29 is 8.78 Å². The van der Waals surface area contributed by atoms with Crippen molar-refractivity contribution >= 4 is 17.6 Å². The fourth-order valence-electron chi connectivity index (χ4n) is 2.94. The molecule has 2 atom stereocenters. The lowest BCUT2D eigenvalue weighted by Gasteiger charge is -2.17. The SMILES string of the molecule is CC(F)CN1CCC(SNc2ccc(-n3ccccc3=O)cc2F)C1. The number of anilines is 1. The minimum absolute atomic E-state index is 0.204. The first-order valence-electron chi connectivity index (χ1n) is 8.28. The molecule has 7 heteroatoms. The van der Waals surface area contributed by atoms with Crippen LogP contribution >= 0.6 is 11.9 Å². The number of rotatable bonds is 6. The van der Waals surface area contributed by atoms with E-state index in [9.17, 15) is 13.6 Å². The van der Waals surface area contributed by atoms with Gasteiger partial charge in [0.25, 0.3) is 5.56 Å². The number of pyridine rings is 1. The van der Waals surface area contributed by atoms with Crippen LogP contribution in [0.4, 0.5) is 14.5 Å². The van der Waals surface area contributed by atoms with Crippen molar-refractivity contribution in [1.29, 1.82) is 0 Å². The van der Waals surface area contributed by atoms with Crippen molar-refractivity contribution in [2.75, 3.05) is 24.4 Å². The second-order valence-electron chi connectivity index (χ2n) is 6.24. The number of halogens is 2. The first kappa shape index (κ1) is 17.9. The summed E-state index contributed by atoms with van der Waals surface area (Å²) < 4.78 is 31.8. The molecule has 1 saturated heterocycles. The molecule has 1 fully saturated rings. The highest BCUT2D eigenvalue weighted by molar-refractivity contribution is 8.01. The molecule has 1 aromatic carbocycles. The molecule has 25 heavy (non-hydrogen) atoms. The summed E-state index contributed by atoms with van der Waals surface area (Å²) in [6.45, 7) is 3.68. The highest BCUT2D eigenvalue weighted by Crippen LogP contribution is 2.27. The van der Waals surface area contributed by atoms with Gasteiger partial charge in [-0.1, -0.05) is 6.07 Å². The Balaban J connectivity index is 1.61. The Hall–Kier alpha value is -1.86. The molecule has 1 N–H and O–H groups in total. The van der Waals surface area contributed by atoms with E-state index in [2.05, 4.69) is 9.62 Å². The van der Waals surface area contributed by atoms with E-state index in [1.165, 1.54) is 28.6 Å². The third kappa shape index (κ3) is 4.61. The van der Waals surface area contributed by atoms with E-state index in [-0.39, 0.29) is 5.56 Å². The molecule has 0 amide bonds. The van der Waals surface area contributed by atoms with Crippen LogP contribution in [-0.4, -0.2) is 40.5 Å². The highest BCUT2D eigenvalue weighted by atomic mass is 32.2. The van der Waals surface area contributed by atoms with Gasteiger partial charge in [-0.3, -0.25) is 14.3 Å². The molecular formula is C18H21F2N3OS. The molecule has 2 heterocycles. The summed E-state index contributed by atoms with van der Waals surface area (Å²) in [4.78, 5) is 13.9. The van der Waals surface area contributed by atoms with E-state index >= 15 is 0 Å². The molecule has 2 unspecified atom stereocenters. The van der Waals surface area contributed by atoms with Crippen LogP contribution in [0.25, 0.3) is 5.69 Å².